The molecule has 3 aromatic carbocycles. The van der Waals surface area contributed by atoms with Crippen molar-refractivity contribution in [2.45, 2.75) is 13.5 Å². The number of carbonyl (C=O) groups is 2. The molecule has 2 amide bonds. The topological polar surface area (TPSA) is 69.6 Å². The molecule has 2 N–H and O–H groups in total. The van der Waals surface area contributed by atoms with Gasteiger partial charge in [0.15, 0.2) is 0 Å². The molecule has 3 rings (SSSR count). The predicted molar refractivity (Wildman–Crippen MR) is 109 cm³/mol. The summed E-state index contributed by atoms with van der Waals surface area (Å²) < 4.78 is 40.0. The Morgan fingerprint density at radius 3 is 2.26 bits per heavy atom. The van der Waals surface area contributed by atoms with Crippen molar-refractivity contribution >= 4 is 17.5 Å². The number of hydrogen-bond donors (Lipinski definition) is 2. The lowest BCUT2D eigenvalue weighted by atomic mass is 10.1. The maximum Gasteiger partial charge on any atom is 0.257 e. The van der Waals surface area contributed by atoms with E-state index in [1.165, 1.54) is 29.2 Å². The molecular weight excluding hydrogens is 409 g/mol. The van der Waals surface area contributed by atoms with Crippen molar-refractivity contribution in [1.82, 2.24) is 4.90 Å². The first-order valence-electron chi connectivity index (χ1n) is 9.41. The van der Waals surface area contributed by atoms with Crippen LogP contribution in [0.4, 0.5) is 18.9 Å². The van der Waals surface area contributed by atoms with E-state index in [0.29, 0.717) is 18.2 Å². The molecule has 3 aromatic rings. The van der Waals surface area contributed by atoms with Gasteiger partial charge in [-0.15, -0.1) is 0 Å². The minimum absolute atomic E-state index is 0.00643. The van der Waals surface area contributed by atoms with E-state index in [1.54, 1.807) is 19.1 Å². The van der Waals surface area contributed by atoms with Crippen LogP contribution in [0.3, 0.4) is 0 Å². The van der Waals surface area contributed by atoms with Crippen molar-refractivity contribution in [3.63, 3.8) is 0 Å². The summed E-state index contributed by atoms with van der Waals surface area (Å²) in [6, 6.07) is 12.1. The van der Waals surface area contributed by atoms with E-state index < -0.39 is 29.3 Å². The van der Waals surface area contributed by atoms with Gasteiger partial charge in [-0.25, -0.2) is 13.2 Å². The monoisotopic (exact) mass is 428 g/mol. The molecule has 160 valence electrons. The molecule has 0 spiro atoms. The second kappa shape index (κ2) is 9.34. The van der Waals surface area contributed by atoms with Gasteiger partial charge in [-0.05, 0) is 48.9 Å². The molecule has 0 radical (unpaired) electrons. The fourth-order valence-corrected chi connectivity index (χ4v) is 3.03. The van der Waals surface area contributed by atoms with E-state index in [0.717, 1.165) is 18.2 Å². The maximum absolute atomic E-state index is 13.4. The van der Waals surface area contributed by atoms with Gasteiger partial charge in [0, 0.05) is 36.5 Å². The van der Waals surface area contributed by atoms with Gasteiger partial charge in [0.1, 0.15) is 23.2 Å². The van der Waals surface area contributed by atoms with E-state index in [9.17, 15) is 27.9 Å². The largest absolute Gasteiger partial charge is 0.507 e. The standard InChI is InChI=1S/C23H19F3N2O3/c1-2-28(13-14-4-3-5-16(24)8-14)23(31)20-7-6-19(12-21(20)29)27-22(30)15-9-17(25)11-18(26)10-15/h3-12,29H,2,13H2,1H3,(H,27,30). The molecule has 5 nitrogen and oxygen atoms in total. The van der Waals surface area contributed by atoms with Crippen LogP contribution in [-0.4, -0.2) is 28.4 Å². The van der Waals surface area contributed by atoms with Crippen molar-refractivity contribution in [2.24, 2.45) is 0 Å². The van der Waals surface area contributed by atoms with Crippen molar-refractivity contribution in [2.75, 3.05) is 11.9 Å². The lowest BCUT2D eigenvalue weighted by molar-refractivity contribution is 0.0749. The zero-order chi connectivity index (χ0) is 22.5. The third kappa shape index (κ3) is 5.42. The van der Waals surface area contributed by atoms with Crippen LogP contribution in [0.2, 0.25) is 0 Å². The third-order valence-electron chi connectivity index (χ3n) is 4.54. The number of carbonyl (C=O) groups excluding carboxylic acids is 2. The van der Waals surface area contributed by atoms with E-state index in [2.05, 4.69) is 5.32 Å². The summed E-state index contributed by atoms with van der Waals surface area (Å²) in [6.07, 6.45) is 0. The van der Waals surface area contributed by atoms with E-state index in [1.807, 2.05) is 0 Å². The molecule has 0 aliphatic carbocycles. The van der Waals surface area contributed by atoms with E-state index >= 15 is 0 Å². The Labute approximate surface area is 176 Å². The molecule has 0 atom stereocenters. The van der Waals surface area contributed by atoms with Crippen molar-refractivity contribution in [1.29, 1.82) is 0 Å². The molecule has 0 fully saturated rings. The lowest BCUT2D eigenvalue weighted by Crippen LogP contribution is -2.30. The van der Waals surface area contributed by atoms with Crippen molar-refractivity contribution in [3.05, 3.63) is 94.8 Å². The molecule has 0 unspecified atom stereocenters. The van der Waals surface area contributed by atoms with Crippen LogP contribution in [-0.2, 0) is 6.54 Å². The number of halogens is 3. The molecule has 0 saturated carbocycles. The number of anilines is 1. The molecule has 0 aromatic heterocycles. The van der Waals surface area contributed by atoms with Gasteiger partial charge >= 0.3 is 0 Å². The van der Waals surface area contributed by atoms with Gasteiger partial charge in [0.25, 0.3) is 11.8 Å². The fourth-order valence-electron chi connectivity index (χ4n) is 3.03. The van der Waals surface area contributed by atoms with Crippen molar-refractivity contribution in [3.8, 4) is 5.75 Å². The Bertz CT molecular complexity index is 1110. The van der Waals surface area contributed by atoms with Crippen LogP contribution in [0.5, 0.6) is 5.75 Å². The van der Waals surface area contributed by atoms with Crippen LogP contribution < -0.4 is 5.32 Å². The summed E-state index contributed by atoms with van der Waals surface area (Å²) in [5, 5.41) is 12.7. The Hall–Kier alpha value is -3.81. The van der Waals surface area contributed by atoms with Gasteiger partial charge in [0.2, 0.25) is 0 Å². The third-order valence-corrected chi connectivity index (χ3v) is 4.54. The quantitative estimate of drug-likeness (QED) is 0.597. The average molecular weight is 428 g/mol. The maximum atomic E-state index is 13.4. The summed E-state index contributed by atoms with van der Waals surface area (Å²) in [4.78, 5) is 26.4. The number of nitrogens with one attached hydrogen (secondary N) is 1. The number of phenolic OH excluding ortho intramolecular Hbond substituents is 1. The summed E-state index contributed by atoms with van der Waals surface area (Å²) in [5.41, 5.74) is 0.496. The summed E-state index contributed by atoms with van der Waals surface area (Å²) in [6.45, 7) is 2.22. The Balaban J connectivity index is 1.75. The zero-order valence-corrected chi connectivity index (χ0v) is 16.5. The Morgan fingerprint density at radius 2 is 1.65 bits per heavy atom. The summed E-state index contributed by atoms with van der Waals surface area (Å²) >= 11 is 0. The normalized spacial score (nSPS) is 10.6. The van der Waals surface area contributed by atoms with Crippen LogP contribution >= 0.6 is 0 Å². The minimum atomic E-state index is -0.896. The molecule has 0 aliphatic heterocycles. The number of nitrogens with zero attached hydrogens (tertiary/aromatic N) is 1. The Morgan fingerprint density at radius 1 is 0.935 bits per heavy atom. The summed E-state index contributed by atoms with van der Waals surface area (Å²) in [7, 11) is 0. The molecule has 0 aliphatic rings. The van der Waals surface area contributed by atoms with Gasteiger partial charge in [-0.2, -0.15) is 0 Å². The highest BCUT2D eigenvalue weighted by molar-refractivity contribution is 6.05. The van der Waals surface area contributed by atoms with Gasteiger partial charge < -0.3 is 15.3 Å². The molecular formula is C23H19F3N2O3. The fraction of sp³-hybridized carbons (Fsp3) is 0.130. The first-order valence-corrected chi connectivity index (χ1v) is 9.41. The number of rotatable bonds is 6. The number of aromatic hydroxyl groups is 1. The number of amides is 2. The average Bonchev–Trinajstić information content (AvgIpc) is 2.71. The molecule has 8 heteroatoms. The Kier molecular flexibility index (Phi) is 6.59. The molecule has 0 bridgehead atoms. The first kappa shape index (κ1) is 21.9. The zero-order valence-electron chi connectivity index (χ0n) is 16.5. The minimum Gasteiger partial charge on any atom is -0.507 e. The van der Waals surface area contributed by atoms with E-state index in [-0.39, 0.29) is 29.1 Å². The number of benzene rings is 3. The number of phenols is 1. The first-order chi connectivity index (χ1) is 14.8. The van der Waals surface area contributed by atoms with Crippen LogP contribution in [0.1, 0.15) is 33.2 Å². The van der Waals surface area contributed by atoms with Crippen LogP contribution in [0.15, 0.2) is 60.7 Å². The SMILES string of the molecule is CCN(Cc1cccc(F)c1)C(=O)c1ccc(NC(=O)c2cc(F)cc(F)c2)cc1O. The molecule has 0 heterocycles. The highest BCUT2D eigenvalue weighted by Crippen LogP contribution is 2.25. The van der Waals surface area contributed by atoms with E-state index in [4.69, 9.17) is 0 Å². The molecule has 0 saturated heterocycles. The lowest BCUT2D eigenvalue weighted by Gasteiger charge is -2.22. The van der Waals surface area contributed by atoms with Crippen LogP contribution in [0, 0.1) is 17.5 Å². The van der Waals surface area contributed by atoms with Crippen molar-refractivity contribution < 1.29 is 27.9 Å². The molecule has 31 heavy (non-hydrogen) atoms. The highest BCUT2D eigenvalue weighted by atomic mass is 19.1. The predicted octanol–water partition coefficient (Wildman–Crippen LogP) is 4.72. The van der Waals surface area contributed by atoms with Gasteiger partial charge in [-0.3, -0.25) is 9.59 Å². The second-order valence-corrected chi connectivity index (χ2v) is 6.79. The van der Waals surface area contributed by atoms with Crippen LogP contribution in [0.25, 0.3) is 0 Å². The second-order valence-electron chi connectivity index (χ2n) is 6.79. The highest BCUT2D eigenvalue weighted by Gasteiger charge is 2.19. The number of hydrogen-bond acceptors (Lipinski definition) is 3. The smallest absolute Gasteiger partial charge is 0.257 e. The summed E-state index contributed by atoms with van der Waals surface area (Å²) in [5.74, 6) is -3.85. The van der Waals surface area contributed by atoms with Gasteiger partial charge in [-0.1, -0.05) is 12.1 Å². The van der Waals surface area contributed by atoms with Gasteiger partial charge in [0.05, 0.1) is 5.56 Å².